The molecule has 0 bridgehead atoms. The third-order valence-corrected chi connectivity index (χ3v) is 1.56. The van der Waals surface area contributed by atoms with Crippen LogP contribution in [0.3, 0.4) is 0 Å². The Bertz CT molecular complexity index is 323. The largest absolute Gasteiger partial charge is 0.478 e. The minimum absolute atomic E-state index is 0.00292. The second-order valence-electron chi connectivity index (χ2n) is 3.12. The SMILES string of the molecule is CC(C)ONc1ccccc1C(=O)O. The average molecular weight is 195 g/mol. The van der Waals surface area contributed by atoms with E-state index in [0.29, 0.717) is 5.69 Å². The van der Waals surface area contributed by atoms with E-state index in [4.69, 9.17) is 9.94 Å². The maximum atomic E-state index is 10.8. The summed E-state index contributed by atoms with van der Waals surface area (Å²) in [5, 5.41) is 8.84. The molecular weight excluding hydrogens is 182 g/mol. The van der Waals surface area contributed by atoms with Crippen LogP contribution in [-0.2, 0) is 4.84 Å². The number of aromatic carboxylic acids is 1. The monoisotopic (exact) mass is 195 g/mol. The fraction of sp³-hybridized carbons (Fsp3) is 0.300. The van der Waals surface area contributed by atoms with Gasteiger partial charge in [-0.3, -0.25) is 10.3 Å². The Kier molecular flexibility index (Phi) is 3.48. The summed E-state index contributed by atoms with van der Waals surface area (Å²) in [6.45, 7) is 3.72. The maximum Gasteiger partial charge on any atom is 0.337 e. The molecule has 0 heterocycles. The number of nitrogens with one attached hydrogen (secondary N) is 1. The second kappa shape index (κ2) is 4.62. The van der Waals surface area contributed by atoms with Crippen LogP contribution in [0.2, 0.25) is 0 Å². The summed E-state index contributed by atoms with van der Waals surface area (Å²) in [5.74, 6) is -0.972. The van der Waals surface area contributed by atoms with Crippen LogP contribution in [0.15, 0.2) is 24.3 Å². The zero-order chi connectivity index (χ0) is 10.6. The molecule has 14 heavy (non-hydrogen) atoms. The molecule has 0 spiro atoms. The van der Waals surface area contributed by atoms with Gasteiger partial charge >= 0.3 is 5.97 Å². The van der Waals surface area contributed by atoms with Crippen LogP contribution in [-0.4, -0.2) is 17.2 Å². The number of carboxylic acids is 1. The van der Waals surface area contributed by atoms with Crippen molar-refractivity contribution in [2.45, 2.75) is 20.0 Å². The molecule has 1 aromatic rings. The molecule has 0 radical (unpaired) electrons. The Hall–Kier alpha value is -1.55. The standard InChI is InChI=1S/C10H13NO3/c1-7(2)14-11-9-6-4-3-5-8(9)10(12)13/h3-7,11H,1-2H3,(H,12,13). The van der Waals surface area contributed by atoms with Crippen molar-refractivity contribution in [3.8, 4) is 0 Å². The van der Waals surface area contributed by atoms with E-state index in [0.717, 1.165) is 0 Å². The number of carbonyl (C=O) groups is 1. The third-order valence-electron chi connectivity index (χ3n) is 1.56. The minimum atomic E-state index is -0.972. The van der Waals surface area contributed by atoms with Crippen molar-refractivity contribution < 1.29 is 14.7 Å². The lowest BCUT2D eigenvalue weighted by Crippen LogP contribution is -2.11. The first kappa shape index (κ1) is 10.5. The summed E-state index contributed by atoms with van der Waals surface area (Å²) in [6, 6.07) is 6.60. The molecule has 4 nitrogen and oxygen atoms in total. The third kappa shape index (κ3) is 2.74. The second-order valence-corrected chi connectivity index (χ2v) is 3.12. The van der Waals surface area contributed by atoms with Crippen LogP contribution >= 0.6 is 0 Å². The molecule has 0 saturated carbocycles. The Morgan fingerprint density at radius 2 is 2.07 bits per heavy atom. The van der Waals surface area contributed by atoms with Crippen molar-refractivity contribution in [1.29, 1.82) is 0 Å². The molecule has 0 amide bonds. The van der Waals surface area contributed by atoms with E-state index in [1.807, 2.05) is 13.8 Å². The first-order chi connectivity index (χ1) is 6.61. The Morgan fingerprint density at radius 1 is 1.43 bits per heavy atom. The predicted molar refractivity (Wildman–Crippen MR) is 53.2 cm³/mol. The molecule has 0 aliphatic heterocycles. The van der Waals surface area contributed by atoms with Crippen molar-refractivity contribution in [3.63, 3.8) is 0 Å². The van der Waals surface area contributed by atoms with Gasteiger partial charge in [0.15, 0.2) is 0 Å². The highest BCUT2D eigenvalue weighted by Crippen LogP contribution is 2.14. The first-order valence-corrected chi connectivity index (χ1v) is 4.35. The van der Waals surface area contributed by atoms with Gasteiger partial charge in [-0.1, -0.05) is 12.1 Å². The van der Waals surface area contributed by atoms with Crippen LogP contribution in [0.5, 0.6) is 0 Å². The number of anilines is 1. The predicted octanol–water partition coefficient (Wildman–Crippen LogP) is 2.14. The summed E-state index contributed by atoms with van der Waals surface area (Å²) in [5.41, 5.74) is 3.28. The topological polar surface area (TPSA) is 58.6 Å². The number of hydrogen-bond acceptors (Lipinski definition) is 3. The first-order valence-electron chi connectivity index (χ1n) is 4.35. The normalized spacial score (nSPS) is 10.2. The van der Waals surface area contributed by atoms with E-state index in [2.05, 4.69) is 5.48 Å². The Balaban J connectivity index is 2.79. The molecule has 0 atom stereocenters. The summed E-state index contributed by atoms with van der Waals surface area (Å²) >= 11 is 0. The maximum absolute atomic E-state index is 10.8. The number of rotatable bonds is 4. The fourth-order valence-corrected chi connectivity index (χ4v) is 0.940. The van der Waals surface area contributed by atoms with Crippen molar-refractivity contribution in [2.24, 2.45) is 0 Å². The molecule has 0 unspecified atom stereocenters. The zero-order valence-electron chi connectivity index (χ0n) is 8.15. The van der Waals surface area contributed by atoms with Gasteiger partial charge in [0.1, 0.15) is 0 Å². The van der Waals surface area contributed by atoms with Gasteiger partial charge < -0.3 is 5.11 Å². The van der Waals surface area contributed by atoms with E-state index in [1.165, 1.54) is 6.07 Å². The smallest absolute Gasteiger partial charge is 0.337 e. The lowest BCUT2D eigenvalue weighted by atomic mass is 10.2. The van der Waals surface area contributed by atoms with E-state index in [9.17, 15) is 4.79 Å². The van der Waals surface area contributed by atoms with E-state index in [1.54, 1.807) is 18.2 Å². The molecule has 1 aromatic carbocycles. The van der Waals surface area contributed by atoms with Crippen molar-refractivity contribution >= 4 is 11.7 Å². The lowest BCUT2D eigenvalue weighted by Gasteiger charge is -2.11. The highest BCUT2D eigenvalue weighted by atomic mass is 16.7. The van der Waals surface area contributed by atoms with E-state index < -0.39 is 5.97 Å². The van der Waals surface area contributed by atoms with Gasteiger partial charge in [-0.15, -0.1) is 0 Å². The highest BCUT2D eigenvalue weighted by molar-refractivity contribution is 5.93. The molecule has 0 aliphatic carbocycles. The number of para-hydroxylation sites is 1. The molecule has 0 aliphatic rings. The minimum Gasteiger partial charge on any atom is -0.478 e. The molecule has 0 saturated heterocycles. The molecule has 2 N–H and O–H groups in total. The van der Waals surface area contributed by atoms with Crippen LogP contribution in [0.1, 0.15) is 24.2 Å². The fourth-order valence-electron chi connectivity index (χ4n) is 0.940. The Morgan fingerprint density at radius 3 is 2.64 bits per heavy atom. The molecule has 76 valence electrons. The van der Waals surface area contributed by atoms with Crippen LogP contribution in [0, 0.1) is 0 Å². The highest BCUT2D eigenvalue weighted by Gasteiger charge is 2.08. The lowest BCUT2D eigenvalue weighted by molar-refractivity contribution is 0.0694. The molecule has 4 heteroatoms. The van der Waals surface area contributed by atoms with Crippen molar-refractivity contribution in [2.75, 3.05) is 5.48 Å². The van der Waals surface area contributed by atoms with E-state index >= 15 is 0 Å². The van der Waals surface area contributed by atoms with E-state index in [-0.39, 0.29) is 11.7 Å². The van der Waals surface area contributed by atoms with Crippen molar-refractivity contribution in [1.82, 2.24) is 0 Å². The van der Waals surface area contributed by atoms with Crippen LogP contribution in [0.25, 0.3) is 0 Å². The Labute approximate surface area is 82.5 Å². The molecular formula is C10H13NO3. The summed E-state index contributed by atoms with van der Waals surface area (Å²) in [6.07, 6.45) is -0.00292. The molecule has 1 rings (SSSR count). The quantitative estimate of drug-likeness (QED) is 0.722. The summed E-state index contributed by atoms with van der Waals surface area (Å²) < 4.78 is 0. The molecule has 0 fully saturated rings. The van der Waals surface area contributed by atoms with Crippen molar-refractivity contribution in [3.05, 3.63) is 29.8 Å². The average Bonchev–Trinajstić information content (AvgIpc) is 2.15. The van der Waals surface area contributed by atoms with Gasteiger partial charge in [-0.05, 0) is 26.0 Å². The number of hydrogen-bond donors (Lipinski definition) is 2. The van der Waals surface area contributed by atoms with Crippen LogP contribution < -0.4 is 5.48 Å². The number of benzene rings is 1. The molecule has 0 aromatic heterocycles. The van der Waals surface area contributed by atoms with Gasteiger partial charge in [-0.25, -0.2) is 4.79 Å². The zero-order valence-corrected chi connectivity index (χ0v) is 8.15. The van der Waals surface area contributed by atoms with Gasteiger partial charge in [0.05, 0.1) is 17.4 Å². The van der Waals surface area contributed by atoms with Crippen LogP contribution in [0.4, 0.5) is 5.69 Å². The van der Waals surface area contributed by atoms with Gasteiger partial charge in [0.25, 0.3) is 0 Å². The summed E-state index contributed by atoms with van der Waals surface area (Å²) in [7, 11) is 0. The van der Waals surface area contributed by atoms with Gasteiger partial charge in [-0.2, -0.15) is 0 Å². The van der Waals surface area contributed by atoms with Gasteiger partial charge in [0, 0.05) is 0 Å². The van der Waals surface area contributed by atoms with Gasteiger partial charge in [0.2, 0.25) is 0 Å². The number of carboxylic acid groups (broad SMARTS) is 1. The summed E-state index contributed by atoms with van der Waals surface area (Å²) in [4.78, 5) is 15.9.